The highest BCUT2D eigenvalue weighted by Gasteiger charge is 2.01. The second-order valence-electron chi connectivity index (χ2n) is 3.66. The molecule has 2 aromatic rings. The van der Waals surface area contributed by atoms with Crippen LogP contribution in [0.3, 0.4) is 0 Å². The first-order valence-electron chi connectivity index (χ1n) is 5.10. The molecule has 15 heavy (non-hydrogen) atoms. The Hall–Kier alpha value is -1.12. The summed E-state index contributed by atoms with van der Waals surface area (Å²) in [7, 11) is 1.98. The SMILES string of the molecule is CNCc1ccc(-c2ccc(C)cc2)s1. The van der Waals surface area contributed by atoms with E-state index in [-0.39, 0.29) is 0 Å². The van der Waals surface area contributed by atoms with Gasteiger partial charge in [-0.25, -0.2) is 0 Å². The maximum Gasteiger partial charge on any atom is 0.0346 e. The van der Waals surface area contributed by atoms with E-state index in [4.69, 9.17) is 0 Å². The summed E-state index contributed by atoms with van der Waals surface area (Å²) in [6.45, 7) is 3.07. The zero-order valence-electron chi connectivity index (χ0n) is 9.08. The van der Waals surface area contributed by atoms with Gasteiger partial charge in [-0.1, -0.05) is 29.8 Å². The van der Waals surface area contributed by atoms with Crippen LogP contribution in [0.15, 0.2) is 36.4 Å². The highest BCUT2D eigenvalue weighted by molar-refractivity contribution is 7.15. The highest BCUT2D eigenvalue weighted by atomic mass is 32.1. The van der Waals surface area contributed by atoms with Crippen LogP contribution in [-0.4, -0.2) is 7.05 Å². The predicted octanol–water partition coefficient (Wildman–Crippen LogP) is 3.44. The molecule has 1 aromatic heterocycles. The molecule has 0 aliphatic carbocycles. The van der Waals surface area contributed by atoms with Crippen molar-refractivity contribution in [2.24, 2.45) is 0 Å². The average molecular weight is 217 g/mol. The van der Waals surface area contributed by atoms with Gasteiger partial charge in [0.15, 0.2) is 0 Å². The largest absolute Gasteiger partial charge is 0.315 e. The van der Waals surface area contributed by atoms with Crippen LogP contribution in [-0.2, 0) is 6.54 Å². The van der Waals surface area contributed by atoms with Gasteiger partial charge >= 0.3 is 0 Å². The van der Waals surface area contributed by atoms with Crippen molar-refractivity contribution in [1.82, 2.24) is 5.32 Å². The molecule has 0 radical (unpaired) electrons. The minimum Gasteiger partial charge on any atom is -0.315 e. The Labute approximate surface area is 94.8 Å². The molecule has 0 atom stereocenters. The second-order valence-corrected chi connectivity index (χ2v) is 4.83. The fourth-order valence-electron chi connectivity index (χ4n) is 1.52. The monoisotopic (exact) mass is 217 g/mol. The van der Waals surface area contributed by atoms with Crippen LogP contribution in [0.25, 0.3) is 10.4 Å². The van der Waals surface area contributed by atoms with E-state index in [9.17, 15) is 0 Å². The maximum atomic E-state index is 3.17. The van der Waals surface area contributed by atoms with Crippen molar-refractivity contribution >= 4 is 11.3 Å². The lowest BCUT2D eigenvalue weighted by molar-refractivity contribution is 0.831. The van der Waals surface area contributed by atoms with Gasteiger partial charge in [-0.3, -0.25) is 0 Å². The average Bonchev–Trinajstić information content (AvgIpc) is 2.68. The van der Waals surface area contributed by atoms with Crippen LogP contribution in [0, 0.1) is 6.92 Å². The second kappa shape index (κ2) is 4.60. The maximum absolute atomic E-state index is 3.17. The van der Waals surface area contributed by atoms with Gasteiger partial charge in [0.05, 0.1) is 0 Å². The van der Waals surface area contributed by atoms with Crippen LogP contribution in [0.2, 0.25) is 0 Å². The fraction of sp³-hybridized carbons (Fsp3) is 0.231. The summed E-state index contributed by atoms with van der Waals surface area (Å²) in [4.78, 5) is 2.73. The molecule has 0 saturated carbocycles. The molecule has 0 aliphatic rings. The molecule has 0 amide bonds. The number of thiophene rings is 1. The van der Waals surface area contributed by atoms with Gasteiger partial charge in [0.25, 0.3) is 0 Å². The molecule has 0 saturated heterocycles. The highest BCUT2D eigenvalue weighted by Crippen LogP contribution is 2.28. The van der Waals surface area contributed by atoms with Crippen LogP contribution < -0.4 is 5.32 Å². The Morgan fingerprint density at radius 3 is 2.47 bits per heavy atom. The molecule has 0 fully saturated rings. The van der Waals surface area contributed by atoms with E-state index in [2.05, 4.69) is 48.6 Å². The van der Waals surface area contributed by atoms with E-state index in [0.29, 0.717) is 0 Å². The molecule has 2 heteroatoms. The molecule has 1 heterocycles. The Morgan fingerprint density at radius 1 is 1.07 bits per heavy atom. The minimum absolute atomic E-state index is 0.955. The van der Waals surface area contributed by atoms with E-state index in [1.54, 1.807) is 0 Å². The smallest absolute Gasteiger partial charge is 0.0346 e. The molecule has 78 valence electrons. The first-order valence-corrected chi connectivity index (χ1v) is 5.91. The number of nitrogens with one attached hydrogen (secondary N) is 1. The van der Waals surface area contributed by atoms with Crippen LogP contribution >= 0.6 is 11.3 Å². The summed E-state index contributed by atoms with van der Waals surface area (Å²) < 4.78 is 0. The Morgan fingerprint density at radius 2 is 1.80 bits per heavy atom. The van der Waals surface area contributed by atoms with Gasteiger partial charge in [-0.2, -0.15) is 0 Å². The fourth-order valence-corrected chi connectivity index (χ4v) is 2.55. The Bertz CT molecular complexity index is 428. The standard InChI is InChI=1S/C13H15NS/c1-10-3-5-11(6-4-10)13-8-7-12(15-13)9-14-2/h3-8,14H,9H2,1-2H3. The minimum atomic E-state index is 0.955. The normalized spacial score (nSPS) is 10.5. The van der Waals surface area contributed by atoms with Crippen molar-refractivity contribution in [3.63, 3.8) is 0 Å². The van der Waals surface area contributed by atoms with E-state index in [1.807, 2.05) is 18.4 Å². The third-order valence-electron chi connectivity index (χ3n) is 2.35. The third-order valence-corrected chi connectivity index (χ3v) is 3.48. The van der Waals surface area contributed by atoms with Crippen molar-refractivity contribution in [2.75, 3.05) is 7.05 Å². The number of aryl methyl sites for hydroxylation is 1. The number of hydrogen-bond donors (Lipinski definition) is 1. The third kappa shape index (κ3) is 2.46. The van der Waals surface area contributed by atoms with Crippen molar-refractivity contribution in [1.29, 1.82) is 0 Å². The molecule has 2 rings (SSSR count). The quantitative estimate of drug-likeness (QED) is 0.830. The summed E-state index contributed by atoms with van der Waals surface area (Å²) in [5, 5.41) is 3.17. The molecule has 0 spiro atoms. The summed E-state index contributed by atoms with van der Waals surface area (Å²) in [6, 6.07) is 13.1. The van der Waals surface area contributed by atoms with Crippen LogP contribution in [0.4, 0.5) is 0 Å². The lowest BCUT2D eigenvalue weighted by Gasteiger charge is -1.97. The molecular formula is C13H15NS. The number of hydrogen-bond acceptors (Lipinski definition) is 2. The molecule has 0 bridgehead atoms. The van der Waals surface area contributed by atoms with Gasteiger partial charge in [-0.15, -0.1) is 11.3 Å². The molecule has 1 nitrogen and oxygen atoms in total. The van der Waals surface area contributed by atoms with Gasteiger partial charge in [-0.05, 0) is 31.7 Å². The van der Waals surface area contributed by atoms with E-state index in [1.165, 1.54) is 20.9 Å². The summed E-state index contributed by atoms with van der Waals surface area (Å²) in [6.07, 6.45) is 0. The van der Waals surface area contributed by atoms with Crippen molar-refractivity contribution < 1.29 is 0 Å². The first-order chi connectivity index (χ1) is 7.29. The molecule has 1 N–H and O–H groups in total. The first kappa shape index (κ1) is 10.4. The Balaban J connectivity index is 2.25. The van der Waals surface area contributed by atoms with E-state index < -0.39 is 0 Å². The lowest BCUT2D eigenvalue weighted by atomic mass is 10.1. The molecule has 0 unspecified atom stereocenters. The van der Waals surface area contributed by atoms with Gasteiger partial charge in [0.1, 0.15) is 0 Å². The zero-order valence-corrected chi connectivity index (χ0v) is 9.90. The summed E-state index contributed by atoms with van der Waals surface area (Å²) in [5.41, 5.74) is 2.62. The summed E-state index contributed by atoms with van der Waals surface area (Å²) >= 11 is 1.85. The number of rotatable bonds is 3. The van der Waals surface area contributed by atoms with Gasteiger partial charge < -0.3 is 5.32 Å². The van der Waals surface area contributed by atoms with Crippen LogP contribution in [0.1, 0.15) is 10.4 Å². The van der Waals surface area contributed by atoms with Crippen molar-refractivity contribution in [3.8, 4) is 10.4 Å². The molecule has 1 aromatic carbocycles. The van der Waals surface area contributed by atoms with Crippen molar-refractivity contribution in [3.05, 3.63) is 46.8 Å². The van der Waals surface area contributed by atoms with Crippen molar-refractivity contribution in [2.45, 2.75) is 13.5 Å². The Kier molecular flexibility index (Phi) is 3.19. The lowest BCUT2D eigenvalue weighted by Crippen LogP contribution is -2.02. The molecular weight excluding hydrogens is 202 g/mol. The van der Waals surface area contributed by atoms with E-state index in [0.717, 1.165) is 6.54 Å². The van der Waals surface area contributed by atoms with Gasteiger partial charge in [0, 0.05) is 16.3 Å². The van der Waals surface area contributed by atoms with Crippen LogP contribution in [0.5, 0.6) is 0 Å². The predicted molar refractivity (Wildman–Crippen MR) is 67.3 cm³/mol. The topological polar surface area (TPSA) is 12.0 Å². The van der Waals surface area contributed by atoms with Gasteiger partial charge in [0.2, 0.25) is 0 Å². The number of benzene rings is 1. The molecule has 0 aliphatic heterocycles. The van der Waals surface area contributed by atoms with E-state index >= 15 is 0 Å². The summed E-state index contributed by atoms with van der Waals surface area (Å²) in [5.74, 6) is 0. The zero-order chi connectivity index (χ0) is 10.7.